The third-order valence-electron chi connectivity index (χ3n) is 2.02. The molecule has 0 fully saturated rings. The van der Waals surface area contributed by atoms with Crippen molar-refractivity contribution in [2.45, 2.75) is 0 Å². The summed E-state index contributed by atoms with van der Waals surface area (Å²) in [5.41, 5.74) is 8.37. The number of benzene rings is 2. The summed E-state index contributed by atoms with van der Waals surface area (Å²) in [6, 6.07) is 16.5. The fourth-order valence-electron chi connectivity index (χ4n) is 1.28. The molecular weight excluding hydrogens is 194 g/mol. The maximum absolute atomic E-state index is 5.83. The zero-order chi connectivity index (χ0) is 9.97. The highest BCUT2D eigenvalue weighted by Crippen LogP contribution is 2.25. The van der Waals surface area contributed by atoms with Gasteiger partial charge in [-0.1, -0.05) is 41.9 Å². The number of nitrogen functional groups attached to an aromatic ring is 1. The zero-order valence-corrected chi connectivity index (χ0v) is 8.25. The molecule has 0 aliphatic heterocycles. The van der Waals surface area contributed by atoms with Crippen molar-refractivity contribution in [3.8, 4) is 11.1 Å². The molecule has 2 heteroatoms. The summed E-state index contributed by atoms with van der Waals surface area (Å²) in [6.45, 7) is 0. The molecule has 0 aliphatic carbocycles. The molecule has 0 bridgehead atoms. The smallest absolute Gasteiger partial charge is 0.0635 e. The lowest BCUT2D eigenvalue weighted by molar-refractivity contribution is 1.60. The van der Waals surface area contributed by atoms with E-state index in [1.54, 1.807) is 6.07 Å². The SMILES string of the molecule is Nc1cc(-c2[c]cccc2)ccc1Cl. The monoisotopic (exact) mass is 202 g/mol. The van der Waals surface area contributed by atoms with Gasteiger partial charge in [0.05, 0.1) is 10.7 Å². The van der Waals surface area contributed by atoms with Crippen LogP contribution >= 0.6 is 11.6 Å². The highest BCUT2D eigenvalue weighted by atomic mass is 35.5. The van der Waals surface area contributed by atoms with Gasteiger partial charge in [0.15, 0.2) is 0 Å². The Morgan fingerprint density at radius 1 is 1.14 bits per heavy atom. The Morgan fingerprint density at radius 2 is 2.00 bits per heavy atom. The second-order valence-corrected chi connectivity index (χ2v) is 3.42. The normalized spacial score (nSPS) is 10.1. The molecule has 14 heavy (non-hydrogen) atoms. The number of halogens is 1. The van der Waals surface area contributed by atoms with Crippen molar-refractivity contribution in [1.29, 1.82) is 0 Å². The second-order valence-electron chi connectivity index (χ2n) is 3.01. The van der Waals surface area contributed by atoms with Crippen LogP contribution in [0, 0.1) is 6.07 Å². The van der Waals surface area contributed by atoms with Crippen LogP contribution < -0.4 is 5.73 Å². The van der Waals surface area contributed by atoms with Crippen molar-refractivity contribution < 1.29 is 0 Å². The lowest BCUT2D eigenvalue weighted by Gasteiger charge is -2.03. The zero-order valence-electron chi connectivity index (χ0n) is 7.50. The van der Waals surface area contributed by atoms with Gasteiger partial charge in [0.1, 0.15) is 0 Å². The minimum atomic E-state index is 0.588. The standard InChI is InChI=1S/C12H9ClN/c13-11-7-6-10(8-12(11)14)9-4-2-1-3-5-9/h1-4,6-8H,14H2. The predicted octanol–water partition coefficient (Wildman–Crippen LogP) is 3.39. The molecule has 2 aromatic rings. The number of anilines is 1. The molecule has 2 aromatic carbocycles. The summed E-state index contributed by atoms with van der Waals surface area (Å²) in [5.74, 6) is 0. The van der Waals surface area contributed by atoms with Crippen LogP contribution in [-0.4, -0.2) is 0 Å². The van der Waals surface area contributed by atoms with Crippen molar-refractivity contribution in [3.05, 3.63) is 53.6 Å². The van der Waals surface area contributed by atoms with Gasteiger partial charge in [-0.05, 0) is 29.3 Å². The predicted molar refractivity (Wildman–Crippen MR) is 60.1 cm³/mol. The maximum atomic E-state index is 5.83. The van der Waals surface area contributed by atoms with Gasteiger partial charge in [0.25, 0.3) is 0 Å². The van der Waals surface area contributed by atoms with E-state index in [1.165, 1.54) is 0 Å². The van der Waals surface area contributed by atoms with E-state index in [1.807, 2.05) is 36.4 Å². The topological polar surface area (TPSA) is 26.0 Å². The van der Waals surface area contributed by atoms with Crippen molar-refractivity contribution in [1.82, 2.24) is 0 Å². The van der Waals surface area contributed by atoms with Gasteiger partial charge in [-0.2, -0.15) is 0 Å². The van der Waals surface area contributed by atoms with E-state index in [0.717, 1.165) is 11.1 Å². The summed E-state index contributed by atoms with van der Waals surface area (Å²) >= 11 is 5.83. The minimum absolute atomic E-state index is 0.588. The number of hydrogen-bond acceptors (Lipinski definition) is 1. The quantitative estimate of drug-likeness (QED) is 0.705. The van der Waals surface area contributed by atoms with Crippen LogP contribution in [0.4, 0.5) is 5.69 Å². The van der Waals surface area contributed by atoms with Crippen molar-refractivity contribution in [2.24, 2.45) is 0 Å². The molecule has 0 aromatic heterocycles. The van der Waals surface area contributed by atoms with Gasteiger partial charge in [-0.3, -0.25) is 0 Å². The van der Waals surface area contributed by atoms with E-state index in [2.05, 4.69) is 6.07 Å². The van der Waals surface area contributed by atoms with E-state index in [4.69, 9.17) is 17.3 Å². The first-order valence-corrected chi connectivity index (χ1v) is 4.67. The number of rotatable bonds is 1. The Kier molecular flexibility index (Phi) is 2.42. The maximum Gasteiger partial charge on any atom is 0.0635 e. The molecule has 0 saturated heterocycles. The van der Waals surface area contributed by atoms with Crippen LogP contribution in [0.5, 0.6) is 0 Å². The number of hydrogen-bond donors (Lipinski definition) is 1. The van der Waals surface area contributed by atoms with Crippen molar-refractivity contribution in [3.63, 3.8) is 0 Å². The summed E-state index contributed by atoms with van der Waals surface area (Å²) < 4.78 is 0. The fourth-order valence-corrected chi connectivity index (χ4v) is 1.40. The molecule has 2 rings (SSSR count). The average Bonchev–Trinajstić information content (AvgIpc) is 2.23. The molecule has 0 unspecified atom stereocenters. The molecule has 2 N–H and O–H groups in total. The first-order valence-electron chi connectivity index (χ1n) is 4.29. The lowest BCUT2D eigenvalue weighted by atomic mass is 10.1. The molecule has 0 heterocycles. The van der Waals surface area contributed by atoms with E-state index >= 15 is 0 Å². The van der Waals surface area contributed by atoms with Crippen LogP contribution in [0.1, 0.15) is 0 Å². The second kappa shape index (κ2) is 3.72. The van der Waals surface area contributed by atoms with Crippen LogP contribution in [0.15, 0.2) is 42.5 Å². The first-order chi connectivity index (χ1) is 6.77. The Bertz CT molecular complexity index is 437. The summed E-state index contributed by atoms with van der Waals surface area (Å²) in [5, 5.41) is 0.588. The van der Waals surface area contributed by atoms with E-state index in [0.29, 0.717) is 10.7 Å². The van der Waals surface area contributed by atoms with Gasteiger partial charge in [0, 0.05) is 0 Å². The van der Waals surface area contributed by atoms with Crippen LogP contribution in [0.25, 0.3) is 11.1 Å². The molecule has 0 atom stereocenters. The van der Waals surface area contributed by atoms with Gasteiger partial charge in [-0.15, -0.1) is 0 Å². The summed E-state index contributed by atoms with van der Waals surface area (Å²) in [7, 11) is 0. The van der Waals surface area contributed by atoms with Crippen molar-refractivity contribution in [2.75, 3.05) is 5.73 Å². The molecule has 69 valence electrons. The van der Waals surface area contributed by atoms with E-state index < -0.39 is 0 Å². The fraction of sp³-hybridized carbons (Fsp3) is 0. The van der Waals surface area contributed by atoms with Gasteiger partial charge in [-0.25, -0.2) is 0 Å². The van der Waals surface area contributed by atoms with E-state index in [-0.39, 0.29) is 0 Å². The minimum Gasteiger partial charge on any atom is -0.398 e. The highest BCUT2D eigenvalue weighted by Gasteiger charge is 1.99. The third kappa shape index (κ3) is 1.73. The summed E-state index contributed by atoms with van der Waals surface area (Å²) in [6.07, 6.45) is 0. The lowest BCUT2D eigenvalue weighted by Crippen LogP contribution is -1.87. The Balaban J connectivity index is 2.48. The highest BCUT2D eigenvalue weighted by molar-refractivity contribution is 6.33. The van der Waals surface area contributed by atoms with Crippen molar-refractivity contribution >= 4 is 17.3 Å². The molecular formula is C12H9ClN. The molecule has 0 amide bonds. The molecule has 0 aliphatic rings. The first kappa shape index (κ1) is 9.10. The van der Waals surface area contributed by atoms with Crippen LogP contribution in [0.2, 0.25) is 5.02 Å². The Morgan fingerprint density at radius 3 is 2.64 bits per heavy atom. The molecule has 1 radical (unpaired) electrons. The van der Waals surface area contributed by atoms with Gasteiger partial charge < -0.3 is 5.73 Å². The van der Waals surface area contributed by atoms with Gasteiger partial charge in [0.2, 0.25) is 0 Å². The third-order valence-corrected chi connectivity index (χ3v) is 2.36. The van der Waals surface area contributed by atoms with Gasteiger partial charge >= 0.3 is 0 Å². The Labute approximate surface area is 88.1 Å². The van der Waals surface area contributed by atoms with Crippen LogP contribution in [0.3, 0.4) is 0 Å². The summed E-state index contributed by atoms with van der Waals surface area (Å²) in [4.78, 5) is 0. The number of nitrogens with two attached hydrogens (primary N) is 1. The molecule has 1 nitrogen and oxygen atoms in total. The largest absolute Gasteiger partial charge is 0.398 e. The molecule has 0 saturated carbocycles. The van der Waals surface area contributed by atoms with Crippen LogP contribution in [-0.2, 0) is 0 Å². The average molecular weight is 203 g/mol. The Hall–Kier alpha value is -1.47. The van der Waals surface area contributed by atoms with E-state index in [9.17, 15) is 0 Å². The molecule has 0 spiro atoms.